The SMILES string of the molecule is COC(C(N)Cc1ccc(Br)cn1)C1CCCCC1. The van der Waals surface area contributed by atoms with E-state index < -0.39 is 0 Å². The molecular weight excluding hydrogens is 304 g/mol. The molecule has 1 aromatic heterocycles. The molecule has 2 atom stereocenters. The van der Waals surface area contributed by atoms with Crippen LogP contribution in [0.2, 0.25) is 0 Å². The average molecular weight is 327 g/mol. The van der Waals surface area contributed by atoms with Gasteiger partial charge in [-0.1, -0.05) is 19.3 Å². The van der Waals surface area contributed by atoms with Crippen LogP contribution in [-0.2, 0) is 11.2 Å². The maximum absolute atomic E-state index is 6.35. The molecule has 0 saturated heterocycles. The van der Waals surface area contributed by atoms with Gasteiger partial charge in [-0.05, 0) is 46.8 Å². The maximum Gasteiger partial charge on any atom is 0.0754 e. The molecule has 0 bridgehead atoms. The molecule has 19 heavy (non-hydrogen) atoms. The summed E-state index contributed by atoms with van der Waals surface area (Å²) in [5, 5.41) is 0. The first kappa shape index (κ1) is 14.9. The third-order valence-corrected chi connectivity index (χ3v) is 4.51. The molecule has 1 fully saturated rings. The van der Waals surface area contributed by atoms with Crippen LogP contribution in [0.25, 0.3) is 0 Å². The van der Waals surface area contributed by atoms with E-state index in [1.807, 2.05) is 18.3 Å². The molecular formula is C15H23BrN2O. The topological polar surface area (TPSA) is 48.1 Å². The van der Waals surface area contributed by atoms with Crippen LogP contribution in [0.5, 0.6) is 0 Å². The van der Waals surface area contributed by atoms with Gasteiger partial charge >= 0.3 is 0 Å². The van der Waals surface area contributed by atoms with Crippen LogP contribution in [0.15, 0.2) is 22.8 Å². The van der Waals surface area contributed by atoms with E-state index >= 15 is 0 Å². The van der Waals surface area contributed by atoms with E-state index in [4.69, 9.17) is 10.5 Å². The lowest BCUT2D eigenvalue weighted by atomic mass is 9.82. The van der Waals surface area contributed by atoms with E-state index in [1.54, 1.807) is 7.11 Å². The fraction of sp³-hybridized carbons (Fsp3) is 0.667. The summed E-state index contributed by atoms with van der Waals surface area (Å²) in [4.78, 5) is 4.40. The molecule has 4 heteroatoms. The molecule has 1 aliphatic carbocycles. The highest BCUT2D eigenvalue weighted by atomic mass is 79.9. The summed E-state index contributed by atoms with van der Waals surface area (Å²) in [7, 11) is 1.79. The first-order valence-corrected chi connectivity index (χ1v) is 7.89. The van der Waals surface area contributed by atoms with Crippen LogP contribution in [-0.4, -0.2) is 24.2 Å². The van der Waals surface area contributed by atoms with Crippen molar-refractivity contribution in [3.8, 4) is 0 Å². The minimum atomic E-state index is 0.0294. The Labute approximate surface area is 124 Å². The molecule has 1 aromatic rings. The van der Waals surface area contributed by atoms with Crippen molar-refractivity contribution in [1.29, 1.82) is 0 Å². The number of hydrogen-bond donors (Lipinski definition) is 1. The van der Waals surface area contributed by atoms with Crippen LogP contribution >= 0.6 is 15.9 Å². The molecule has 3 nitrogen and oxygen atoms in total. The number of nitrogens with two attached hydrogens (primary N) is 1. The molecule has 1 saturated carbocycles. The van der Waals surface area contributed by atoms with Crippen molar-refractivity contribution in [2.24, 2.45) is 11.7 Å². The highest BCUT2D eigenvalue weighted by molar-refractivity contribution is 9.10. The Morgan fingerprint density at radius 3 is 2.68 bits per heavy atom. The molecule has 0 amide bonds. The van der Waals surface area contributed by atoms with Crippen molar-refractivity contribution in [3.63, 3.8) is 0 Å². The lowest BCUT2D eigenvalue weighted by Crippen LogP contribution is -2.43. The van der Waals surface area contributed by atoms with Crippen molar-refractivity contribution in [1.82, 2.24) is 4.98 Å². The van der Waals surface area contributed by atoms with Crippen LogP contribution in [0.3, 0.4) is 0 Å². The number of ether oxygens (including phenoxy) is 1. The monoisotopic (exact) mass is 326 g/mol. The summed E-state index contributed by atoms with van der Waals surface area (Å²) in [5.41, 5.74) is 7.39. The van der Waals surface area contributed by atoms with Crippen molar-refractivity contribution in [2.45, 2.75) is 50.7 Å². The quantitative estimate of drug-likeness (QED) is 0.903. The lowest BCUT2D eigenvalue weighted by Gasteiger charge is -2.33. The van der Waals surface area contributed by atoms with Gasteiger partial charge in [0.1, 0.15) is 0 Å². The van der Waals surface area contributed by atoms with Gasteiger partial charge in [0.25, 0.3) is 0 Å². The summed E-state index contributed by atoms with van der Waals surface area (Å²) >= 11 is 3.40. The second-order valence-corrected chi connectivity index (χ2v) is 6.35. The fourth-order valence-electron chi connectivity index (χ4n) is 3.06. The zero-order valence-corrected chi connectivity index (χ0v) is 13.1. The Morgan fingerprint density at radius 2 is 2.11 bits per heavy atom. The Kier molecular flexibility index (Phi) is 5.79. The summed E-state index contributed by atoms with van der Waals surface area (Å²) in [5.74, 6) is 0.615. The smallest absolute Gasteiger partial charge is 0.0754 e. The van der Waals surface area contributed by atoms with E-state index in [-0.39, 0.29) is 12.1 Å². The second-order valence-electron chi connectivity index (χ2n) is 5.43. The van der Waals surface area contributed by atoms with Crippen molar-refractivity contribution < 1.29 is 4.74 Å². The van der Waals surface area contributed by atoms with Crippen LogP contribution < -0.4 is 5.73 Å². The van der Waals surface area contributed by atoms with Gasteiger partial charge in [0.15, 0.2) is 0 Å². The van der Waals surface area contributed by atoms with Crippen molar-refractivity contribution >= 4 is 15.9 Å². The maximum atomic E-state index is 6.35. The second kappa shape index (κ2) is 7.36. The van der Waals surface area contributed by atoms with Crippen LogP contribution in [0.4, 0.5) is 0 Å². The molecule has 2 unspecified atom stereocenters. The Balaban J connectivity index is 1.95. The Hall–Kier alpha value is -0.450. The predicted molar refractivity (Wildman–Crippen MR) is 81.0 cm³/mol. The number of pyridine rings is 1. The Morgan fingerprint density at radius 1 is 1.37 bits per heavy atom. The van der Waals surface area contributed by atoms with Gasteiger partial charge in [-0.25, -0.2) is 0 Å². The van der Waals surface area contributed by atoms with Gasteiger partial charge in [0, 0.05) is 35.9 Å². The summed E-state index contributed by atoms with van der Waals surface area (Å²) < 4.78 is 6.69. The van der Waals surface area contributed by atoms with E-state index in [0.29, 0.717) is 5.92 Å². The number of rotatable bonds is 5. The van der Waals surface area contributed by atoms with E-state index in [9.17, 15) is 0 Å². The molecule has 2 rings (SSSR count). The molecule has 106 valence electrons. The molecule has 1 aliphatic rings. The minimum Gasteiger partial charge on any atom is -0.380 e. The highest BCUT2D eigenvalue weighted by Crippen LogP contribution is 2.29. The number of nitrogens with zero attached hydrogens (tertiary/aromatic N) is 1. The van der Waals surface area contributed by atoms with Gasteiger partial charge in [-0.3, -0.25) is 4.98 Å². The van der Waals surface area contributed by atoms with Crippen LogP contribution in [0.1, 0.15) is 37.8 Å². The standard InChI is InChI=1S/C15H23BrN2O/c1-19-15(11-5-3-2-4-6-11)14(17)9-13-8-7-12(16)10-18-13/h7-8,10-11,14-15H,2-6,9,17H2,1H3. The normalized spacial score (nSPS) is 20.2. The first-order valence-electron chi connectivity index (χ1n) is 7.09. The molecule has 0 radical (unpaired) electrons. The molecule has 2 N–H and O–H groups in total. The van der Waals surface area contributed by atoms with E-state index in [1.165, 1.54) is 32.1 Å². The van der Waals surface area contributed by atoms with Crippen molar-refractivity contribution in [3.05, 3.63) is 28.5 Å². The number of aromatic nitrogens is 1. The highest BCUT2D eigenvalue weighted by Gasteiger charge is 2.28. The Bertz CT molecular complexity index is 376. The van der Waals surface area contributed by atoms with Crippen molar-refractivity contribution in [2.75, 3.05) is 7.11 Å². The third kappa shape index (κ3) is 4.26. The van der Waals surface area contributed by atoms with Crippen LogP contribution in [0, 0.1) is 5.92 Å². The molecule has 0 aliphatic heterocycles. The molecule has 1 heterocycles. The van der Waals surface area contributed by atoms with Gasteiger partial charge < -0.3 is 10.5 Å². The summed E-state index contributed by atoms with van der Waals surface area (Å²) in [6, 6.07) is 4.07. The summed E-state index contributed by atoms with van der Waals surface area (Å²) in [6.45, 7) is 0. The third-order valence-electron chi connectivity index (χ3n) is 4.04. The van der Waals surface area contributed by atoms with Gasteiger partial charge in [-0.15, -0.1) is 0 Å². The van der Waals surface area contributed by atoms with E-state index in [0.717, 1.165) is 16.6 Å². The zero-order valence-electron chi connectivity index (χ0n) is 11.5. The first-order chi connectivity index (χ1) is 9.20. The summed E-state index contributed by atoms with van der Waals surface area (Å²) in [6.07, 6.45) is 9.25. The molecule has 0 spiro atoms. The van der Waals surface area contributed by atoms with Gasteiger partial charge in [0.2, 0.25) is 0 Å². The number of halogens is 1. The van der Waals surface area contributed by atoms with Gasteiger partial charge in [-0.2, -0.15) is 0 Å². The zero-order chi connectivity index (χ0) is 13.7. The molecule has 0 aromatic carbocycles. The predicted octanol–water partition coefficient (Wildman–Crippen LogP) is 3.31. The van der Waals surface area contributed by atoms with E-state index in [2.05, 4.69) is 20.9 Å². The fourth-order valence-corrected chi connectivity index (χ4v) is 3.30. The van der Waals surface area contributed by atoms with Gasteiger partial charge in [0.05, 0.1) is 6.10 Å². The number of methoxy groups -OCH3 is 1. The number of hydrogen-bond acceptors (Lipinski definition) is 3. The minimum absolute atomic E-state index is 0.0294. The largest absolute Gasteiger partial charge is 0.380 e. The lowest BCUT2D eigenvalue weighted by molar-refractivity contribution is 0.0177. The average Bonchev–Trinajstić information content (AvgIpc) is 2.43.